The van der Waals surface area contributed by atoms with Crippen molar-refractivity contribution in [3.8, 4) is 0 Å². The summed E-state index contributed by atoms with van der Waals surface area (Å²) in [7, 11) is 0. The van der Waals surface area contributed by atoms with Gasteiger partial charge in [0.15, 0.2) is 34.9 Å². The number of anilines is 2. The summed E-state index contributed by atoms with van der Waals surface area (Å²) >= 11 is 16.4. The quantitative estimate of drug-likeness (QED) is 0.109. The summed E-state index contributed by atoms with van der Waals surface area (Å²) in [5.41, 5.74) is 11.6. The molecule has 19 nitrogen and oxygen atoms in total. The first-order chi connectivity index (χ1) is 21.3. The highest BCUT2D eigenvalue weighted by Gasteiger charge is 2.57. The second-order valence-electron chi connectivity index (χ2n) is 10.5. The van der Waals surface area contributed by atoms with Crippen LogP contribution in [0.1, 0.15) is 13.2 Å². The number of aromatic nitrogens is 8. The van der Waals surface area contributed by atoms with Gasteiger partial charge in [0.1, 0.15) is 59.6 Å². The van der Waals surface area contributed by atoms with E-state index in [4.69, 9.17) is 62.4 Å². The Balaban J connectivity index is 1.22. The van der Waals surface area contributed by atoms with Gasteiger partial charge in [0, 0.05) is 0 Å². The molecule has 0 saturated carbocycles. The van der Waals surface area contributed by atoms with Crippen LogP contribution in [0, 0.1) is 0 Å². The number of nitrogen functional groups attached to an aromatic ring is 2. The number of halogens is 1. The molecule has 0 spiro atoms. The van der Waals surface area contributed by atoms with Crippen LogP contribution < -0.4 is 11.5 Å². The van der Waals surface area contributed by atoms with Crippen molar-refractivity contribution in [2.75, 3.05) is 24.7 Å². The molecule has 10 atom stereocenters. The van der Waals surface area contributed by atoms with E-state index >= 15 is 0 Å². The van der Waals surface area contributed by atoms with Crippen LogP contribution in [0.4, 0.5) is 11.6 Å². The smallest absolute Gasteiger partial charge is 0.386 e. The lowest BCUT2D eigenvalue weighted by atomic mass is 10.1. The van der Waals surface area contributed by atoms with E-state index in [1.54, 1.807) is 6.92 Å². The number of aliphatic hydroxyl groups excluding tert-OH is 1. The molecule has 7 rings (SSSR count). The van der Waals surface area contributed by atoms with E-state index in [1.807, 2.05) is 0 Å². The molecule has 4 aromatic heterocycles. The zero-order valence-corrected chi connectivity index (χ0v) is 27.1. The summed E-state index contributed by atoms with van der Waals surface area (Å²) < 4.78 is 51.8. The molecule has 45 heavy (non-hydrogen) atoms. The van der Waals surface area contributed by atoms with Crippen molar-refractivity contribution in [1.82, 2.24) is 39.0 Å². The molecule has 0 amide bonds. The molecule has 2 unspecified atom stereocenters. The molecule has 3 saturated heterocycles. The van der Waals surface area contributed by atoms with E-state index in [2.05, 4.69) is 42.2 Å². The van der Waals surface area contributed by atoms with Crippen molar-refractivity contribution >= 4 is 83.1 Å². The number of hydrogen-bond donors (Lipinski definition) is 5. The van der Waals surface area contributed by atoms with Crippen molar-refractivity contribution in [1.29, 1.82) is 0 Å². The average Bonchev–Trinajstić information content (AvgIpc) is 3.73. The fraction of sp³-hybridized carbons (Fsp3) is 0.524. The van der Waals surface area contributed by atoms with E-state index in [0.29, 0.717) is 11.2 Å². The fourth-order valence-corrected chi connectivity index (χ4v) is 8.85. The molecule has 0 aromatic carbocycles. The number of thiol groups is 1. The number of nitrogens with zero attached hydrogens (tertiary/aromatic N) is 8. The SMILES string of the molecule is C[C@@]1(n2cnc3c(N)ncnc32)O[C@@H]2COP(O)(=S)O[C@@H]3[C@H](O)[C@@H](COP(=O)(S)O[C@H]2[C@H]1Cl)O[C@H]3n1cnc2c(N)ncnc21. The molecule has 0 aliphatic carbocycles. The van der Waals surface area contributed by atoms with Crippen molar-refractivity contribution in [2.45, 2.75) is 54.8 Å². The van der Waals surface area contributed by atoms with Gasteiger partial charge in [-0.15, -0.1) is 11.6 Å². The molecule has 0 radical (unpaired) electrons. The number of fused-ring (bicyclic) bond motifs is 5. The zero-order valence-electron chi connectivity index (χ0n) is 22.9. The summed E-state index contributed by atoms with van der Waals surface area (Å²) in [5.74, 6) is 0.243. The van der Waals surface area contributed by atoms with Gasteiger partial charge < -0.3 is 35.5 Å². The van der Waals surface area contributed by atoms with Gasteiger partial charge in [-0.3, -0.25) is 22.7 Å². The summed E-state index contributed by atoms with van der Waals surface area (Å²) in [4.78, 5) is 36.0. The van der Waals surface area contributed by atoms with E-state index < -0.39 is 74.6 Å². The highest BCUT2D eigenvalue weighted by atomic mass is 35.5. The van der Waals surface area contributed by atoms with Crippen LogP contribution in [0.25, 0.3) is 22.3 Å². The maximum Gasteiger partial charge on any atom is 0.386 e. The van der Waals surface area contributed by atoms with E-state index in [1.165, 1.54) is 34.4 Å². The number of ether oxygens (including phenoxy) is 2. The topological polar surface area (TPSA) is 252 Å². The molecule has 3 fully saturated rings. The Morgan fingerprint density at radius 3 is 2.38 bits per heavy atom. The third-order valence-electron chi connectivity index (χ3n) is 7.68. The largest absolute Gasteiger partial charge is 0.387 e. The molecule has 2 bridgehead atoms. The van der Waals surface area contributed by atoms with Gasteiger partial charge in [-0.1, -0.05) is 12.2 Å². The Morgan fingerprint density at radius 1 is 1.00 bits per heavy atom. The van der Waals surface area contributed by atoms with Crippen molar-refractivity contribution in [2.24, 2.45) is 0 Å². The monoisotopic (exact) mass is 722 g/mol. The predicted octanol–water partition coefficient (Wildman–Crippen LogP) is 0.840. The van der Waals surface area contributed by atoms with Gasteiger partial charge in [-0.2, -0.15) is 0 Å². The first-order valence-electron chi connectivity index (χ1n) is 13.1. The summed E-state index contributed by atoms with van der Waals surface area (Å²) in [6.07, 6.45) is -2.21. The maximum absolute atomic E-state index is 13.6. The lowest BCUT2D eigenvalue weighted by Gasteiger charge is -2.30. The van der Waals surface area contributed by atoms with Crippen LogP contribution in [0.5, 0.6) is 0 Å². The second kappa shape index (κ2) is 11.3. The fourth-order valence-electron chi connectivity index (χ4n) is 5.50. The first kappa shape index (κ1) is 31.5. The summed E-state index contributed by atoms with van der Waals surface area (Å²) in [6, 6.07) is 0. The Morgan fingerprint density at radius 2 is 1.64 bits per heavy atom. The molecule has 6 N–H and O–H groups in total. The molecule has 3 aliphatic heterocycles. The van der Waals surface area contributed by atoms with Gasteiger partial charge in [0.25, 0.3) is 0 Å². The Bertz CT molecular complexity index is 1890. The third-order valence-corrected chi connectivity index (χ3v) is 11.5. The minimum atomic E-state index is -4.23. The first-order valence-corrected chi connectivity index (χ1v) is 18.8. The van der Waals surface area contributed by atoms with E-state index in [0.717, 1.165) is 0 Å². The normalized spacial score (nSPS) is 39.4. The Hall–Kier alpha value is -2.10. The van der Waals surface area contributed by atoms with Crippen LogP contribution >= 0.6 is 37.4 Å². The zero-order chi connectivity index (χ0) is 31.9. The van der Waals surface area contributed by atoms with Crippen molar-refractivity contribution in [3.05, 3.63) is 25.3 Å². The Kier molecular flexibility index (Phi) is 7.88. The van der Waals surface area contributed by atoms with Crippen LogP contribution in [0.15, 0.2) is 25.3 Å². The summed E-state index contributed by atoms with van der Waals surface area (Å²) in [5, 5.41) is 10.1. The summed E-state index contributed by atoms with van der Waals surface area (Å²) in [6.45, 7) is -7.70. The highest BCUT2D eigenvalue weighted by molar-refractivity contribution is 8.44. The predicted molar refractivity (Wildman–Crippen MR) is 162 cm³/mol. The Labute approximate surface area is 268 Å². The van der Waals surface area contributed by atoms with Crippen molar-refractivity contribution < 1.29 is 42.1 Å². The maximum atomic E-state index is 13.6. The van der Waals surface area contributed by atoms with Crippen LogP contribution in [0.3, 0.4) is 0 Å². The molecular weight excluding hydrogens is 698 g/mol. The minimum Gasteiger partial charge on any atom is -0.387 e. The lowest BCUT2D eigenvalue weighted by molar-refractivity contribution is -0.101. The number of imidazole rings is 2. The molecule has 3 aliphatic rings. The van der Waals surface area contributed by atoms with Crippen molar-refractivity contribution in [3.63, 3.8) is 0 Å². The van der Waals surface area contributed by atoms with Gasteiger partial charge in [0.2, 0.25) is 0 Å². The minimum absolute atomic E-state index is 0.107. The molecule has 24 heteroatoms. The van der Waals surface area contributed by atoms with E-state index in [9.17, 15) is 14.6 Å². The average molecular weight is 723 g/mol. The standard InChI is InChI=1S/C21H25ClN10O9P2S2/c1-21(32-7-30-11-17(24)26-5-28-19(11)32)15(22)13-9(39-21)3-37-43(35,45)41-14-12(33)8(2-36-42(34,44)40-13)38-20(14)31-6-29-10-16(23)25-4-27-18(10)31/h4-9,12-15,20,33H,2-3H2,1H3,(H,34,44)(H,35,45)(H2,23,25,27)(H2,24,26,28)/t8-,9-,12-,13-,14-,15-,20-,21-,42?,43?/m1/s1. The van der Waals surface area contributed by atoms with Gasteiger partial charge in [0.05, 0.1) is 25.9 Å². The van der Waals surface area contributed by atoms with Crippen LogP contribution in [-0.4, -0.2) is 98.1 Å². The molecular formula is C21H25ClN10O9P2S2. The van der Waals surface area contributed by atoms with Crippen LogP contribution in [0.2, 0.25) is 0 Å². The third kappa shape index (κ3) is 5.42. The van der Waals surface area contributed by atoms with Gasteiger partial charge in [-0.05, 0) is 18.7 Å². The number of nitrogens with two attached hydrogens (primary N) is 2. The molecule has 242 valence electrons. The van der Waals surface area contributed by atoms with E-state index in [-0.39, 0.29) is 22.8 Å². The molecule has 4 aromatic rings. The molecule has 7 heterocycles. The van der Waals surface area contributed by atoms with Crippen LogP contribution in [-0.2, 0) is 49.7 Å². The second-order valence-corrected chi connectivity index (χ2v) is 16.6. The highest BCUT2D eigenvalue weighted by Crippen LogP contribution is 2.59. The number of hydrogen-bond acceptors (Lipinski definition) is 17. The lowest BCUT2D eigenvalue weighted by Crippen LogP contribution is -2.40. The number of aliphatic hydroxyl groups is 1. The number of alkyl halides is 1. The number of rotatable bonds is 2. The van der Waals surface area contributed by atoms with Gasteiger partial charge in [-0.25, -0.2) is 34.5 Å². The van der Waals surface area contributed by atoms with Gasteiger partial charge >= 0.3 is 13.5 Å².